The molecule has 2 unspecified atom stereocenters. The maximum absolute atomic E-state index is 12.9. The molecular weight excluding hydrogens is 384 g/mol. The second-order valence-corrected chi connectivity index (χ2v) is 9.02. The Balaban J connectivity index is 1.23. The molecule has 8 heteroatoms. The van der Waals surface area contributed by atoms with Crippen molar-refractivity contribution in [3.05, 3.63) is 34.9 Å². The van der Waals surface area contributed by atoms with Crippen molar-refractivity contribution in [3.8, 4) is 0 Å². The molecule has 3 fully saturated rings. The van der Waals surface area contributed by atoms with Gasteiger partial charge < -0.3 is 10.6 Å². The molecule has 0 aromatic heterocycles. The molecule has 0 radical (unpaired) electrons. The van der Waals surface area contributed by atoms with Gasteiger partial charge in [0.15, 0.2) is 0 Å². The van der Waals surface area contributed by atoms with E-state index in [0.29, 0.717) is 29.1 Å². The largest absolute Gasteiger partial charge is 0.312 e. The van der Waals surface area contributed by atoms with E-state index in [4.69, 9.17) is 0 Å². The maximum Gasteiger partial charge on any atom is 0.262 e. The van der Waals surface area contributed by atoms with E-state index in [1.54, 1.807) is 12.1 Å². The fourth-order valence-electron chi connectivity index (χ4n) is 5.02. The van der Waals surface area contributed by atoms with Crippen molar-refractivity contribution < 1.29 is 19.2 Å². The summed E-state index contributed by atoms with van der Waals surface area (Å²) in [6.45, 7) is 2.65. The first-order valence-corrected chi connectivity index (χ1v) is 10.8. The number of nitrogens with one attached hydrogen (secondary N) is 3. The van der Waals surface area contributed by atoms with Gasteiger partial charge in [0, 0.05) is 18.5 Å². The van der Waals surface area contributed by atoms with Crippen molar-refractivity contribution >= 4 is 23.6 Å². The summed E-state index contributed by atoms with van der Waals surface area (Å²) < 4.78 is 0. The zero-order valence-electron chi connectivity index (χ0n) is 16.8. The molecule has 0 bridgehead atoms. The lowest BCUT2D eigenvalue weighted by atomic mass is 9.90. The molecule has 8 nitrogen and oxygen atoms in total. The summed E-state index contributed by atoms with van der Waals surface area (Å²) in [6, 6.07) is 4.35. The molecule has 4 amide bonds. The van der Waals surface area contributed by atoms with Crippen LogP contribution in [0.1, 0.15) is 64.8 Å². The van der Waals surface area contributed by atoms with Crippen LogP contribution in [0.4, 0.5) is 0 Å². The third kappa shape index (κ3) is 3.44. The predicted octanol–water partition coefficient (Wildman–Crippen LogP) is 0.710. The Morgan fingerprint density at radius 3 is 2.63 bits per heavy atom. The summed E-state index contributed by atoms with van der Waals surface area (Å²) in [7, 11) is 0. The molecule has 2 atom stereocenters. The third-order valence-electron chi connectivity index (χ3n) is 6.85. The molecular formula is C22H26N4O4. The molecule has 2 saturated heterocycles. The summed E-state index contributed by atoms with van der Waals surface area (Å²) in [4.78, 5) is 50.2. The van der Waals surface area contributed by atoms with Crippen molar-refractivity contribution in [1.29, 1.82) is 0 Å². The fourth-order valence-corrected chi connectivity index (χ4v) is 5.02. The monoisotopic (exact) mass is 410 g/mol. The Morgan fingerprint density at radius 2 is 1.87 bits per heavy atom. The number of carbonyl (C=O) groups excluding carboxylic acids is 4. The Morgan fingerprint density at radius 1 is 1.07 bits per heavy atom. The zero-order chi connectivity index (χ0) is 20.9. The van der Waals surface area contributed by atoms with Crippen LogP contribution < -0.4 is 16.0 Å². The van der Waals surface area contributed by atoms with Crippen LogP contribution in [0.5, 0.6) is 0 Å². The van der Waals surface area contributed by atoms with Gasteiger partial charge in [-0.3, -0.25) is 29.4 Å². The normalized spacial score (nSPS) is 27.4. The van der Waals surface area contributed by atoms with E-state index in [-0.39, 0.29) is 18.7 Å². The maximum atomic E-state index is 12.9. The molecule has 3 aliphatic heterocycles. The molecule has 1 aromatic carbocycles. The van der Waals surface area contributed by atoms with Crippen LogP contribution in [0.2, 0.25) is 0 Å². The quantitative estimate of drug-likeness (QED) is 0.617. The van der Waals surface area contributed by atoms with Gasteiger partial charge in [-0.1, -0.05) is 6.07 Å². The summed E-state index contributed by atoms with van der Waals surface area (Å²) in [5, 5.41) is 9.35. The predicted molar refractivity (Wildman–Crippen MR) is 108 cm³/mol. The van der Waals surface area contributed by atoms with E-state index in [1.807, 2.05) is 6.07 Å². The van der Waals surface area contributed by atoms with E-state index in [1.165, 1.54) is 25.7 Å². The van der Waals surface area contributed by atoms with Gasteiger partial charge in [0.2, 0.25) is 11.8 Å². The fraction of sp³-hybridized carbons (Fsp3) is 0.545. The van der Waals surface area contributed by atoms with Crippen LogP contribution in [0, 0.1) is 5.92 Å². The van der Waals surface area contributed by atoms with Crippen molar-refractivity contribution in [2.24, 2.45) is 5.92 Å². The number of hydrogen-bond acceptors (Lipinski definition) is 6. The lowest BCUT2D eigenvalue weighted by molar-refractivity contribution is -0.136. The smallest absolute Gasteiger partial charge is 0.262 e. The van der Waals surface area contributed by atoms with Crippen molar-refractivity contribution in [3.63, 3.8) is 0 Å². The highest BCUT2D eigenvalue weighted by Gasteiger charge is 2.46. The van der Waals surface area contributed by atoms with E-state index >= 15 is 0 Å². The first-order chi connectivity index (χ1) is 14.5. The Kier molecular flexibility index (Phi) is 4.71. The number of nitrogens with zero attached hydrogens (tertiary/aromatic N) is 1. The van der Waals surface area contributed by atoms with Gasteiger partial charge in [-0.2, -0.15) is 0 Å². The van der Waals surface area contributed by atoms with E-state index in [2.05, 4.69) is 16.0 Å². The minimum atomic E-state index is -0.925. The van der Waals surface area contributed by atoms with Crippen LogP contribution >= 0.6 is 0 Å². The number of hydrogen-bond donors (Lipinski definition) is 3. The molecule has 158 valence electrons. The van der Waals surface area contributed by atoms with Gasteiger partial charge in [-0.05, 0) is 68.8 Å². The highest BCUT2D eigenvalue weighted by atomic mass is 16.2. The number of imide groups is 2. The molecule has 1 saturated carbocycles. The van der Waals surface area contributed by atoms with Gasteiger partial charge in [0.25, 0.3) is 11.8 Å². The lowest BCUT2D eigenvalue weighted by Gasteiger charge is -2.30. The highest BCUT2D eigenvalue weighted by Crippen LogP contribution is 2.43. The molecule has 3 N–H and O–H groups in total. The first kappa shape index (κ1) is 19.4. The minimum Gasteiger partial charge on any atom is -0.312 e. The summed E-state index contributed by atoms with van der Waals surface area (Å²) in [5.41, 5.74) is 2.00. The highest BCUT2D eigenvalue weighted by molar-refractivity contribution is 6.23. The molecule has 1 aromatic rings. The van der Waals surface area contributed by atoms with Crippen molar-refractivity contribution in [2.45, 2.75) is 56.7 Å². The van der Waals surface area contributed by atoms with E-state index < -0.39 is 23.8 Å². The number of carbonyl (C=O) groups is 4. The Bertz CT molecular complexity index is 939. The molecule has 4 aliphatic rings. The summed E-state index contributed by atoms with van der Waals surface area (Å²) >= 11 is 0. The van der Waals surface area contributed by atoms with Crippen LogP contribution in [0.3, 0.4) is 0 Å². The second-order valence-electron chi connectivity index (χ2n) is 9.02. The number of benzene rings is 1. The average molecular weight is 410 g/mol. The van der Waals surface area contributed by atoms with Gasteiger partial charge in [-0.15, -0.1) is 0 Å². The average Bonchev–Trinajstić information content (AvgIpc) is 3.42. The van der Waals surface area contributed by atoms with Gasteiger partial charge in [0.05, 0.1) is 11.1 Å². The van der Waals surface area contributed by atoms with Crippen molar-refractivity contribution in [2.75, 3.05) is 13.1 Å². The Labute approximate surface area is 174 Å². The summed E-state index contributed by atoms with van der Waals surface area (Å²) in [6.07, 6.45) is 5.26. The SMILES string of the molecule is O=C1CCC(N2C(=O)c3ccc(CNCC4CCNC5(CC5)C4)cc3C2=O)C(=O)N1. The third-order valence-corrected chi connectivity index (χ3v) is 6.85. The minimum absolute atomic E-state index is 0.122. The molecule has 30 heavy (non-hydrogen) atoms. The topological polar surface area (TPSA) is 108 Å². The second kappa shape index (κ2) is 7.28. The number of piperidine rings is 2. The molecule has 5 rings (SSSR count). The van der Waals surface area contributed by atoms with Crippen molar-refractivity contribution in [1.82, 2.24) is 20.9 Å². The number of rotatable bonds is 5. The number of fused-ring (bicyclic) bond motifs is 1. The van der Waals surface area contributed by atoms with Crippen LogP contribution in [-0.4, -0.2) is 53.2 Å². The van der Waals surface area contributed by atoms with E-state index in [9.17, 15) is 19.2 Å². The standard InChI is InChI=1S/C22H26N4O4/c27-18-4-3-17(19(28)25-18)26-20(29)15-2-1-13(9-16(15)21(26)30)11-23-12-14-5-8-24-22(10-14)6-7-22/h1-2,9,14,17,23-24H,3-8,10-12H2,(H,25,27,28). The van der Waals surface area contributed by atoms with Gasteiger partial charge >= 0.3 is 0 Å². The van der Waals surface area contributed by atoms with Crippen LogP contribution in [-0.2, 0) is 16.1 Å². The van der Waals surface area contributed by atoms with Gasteiger partial charge in [-0.25, -0.2) is 0 Å². The zero-order valence-corrected chi connectivity index (χ0v) is 16.8. The summed E-state index contributed by atoms with van der Waals surface area (Å²) in [5.74, 6) is -1.22. The van der Waals surface area contributed by atoms with Gasteiger partial charge in [0.1, 0.15) is 6.04 Å². The van der Waals surface area contributed by atoms with Crippen LogP contribution in [0.15, 0.2) is 18.2 Å². The lowest BCUT2D eigenvalue weighted by Crippen LogP contribution is -2.54. The number of amides is 4. The molecule has 1 aliphatic carbocycles. The first-order valence-electron chi connectivity index (χ1n) is 10.8. The van der Waals surface area contributed by atoms with Crippen LogP contribution in [0.25, 0.3) is 0 Å². The Hall–Kier alpha value is -2.58. The molecule has 3 heterocycles. The van der Waals surface area contributed by atoms with E-state index in [0.717, 1.165) is 23.6 Å². The molecule has 1 spiro atoms.